The first-order valence-electron chi connectivity index (χ1n) is 3.38. The zero-order chi connectivity index (χ0) is 9.14. The van der Waals surface area contributed by atoms with Gasteiger partial charge < -0.3 is 5.73 Å². The zero-order valence-electron chi connectivity index (χ0n) is 6.25. The Hall–Kier alpha value is -0.870. The van der Waals surface area contributed by atoms with E-state index in [1.165, 1.54) is 0 Å². The minimum Gasteiger partial charge on any atom is -0.316 e. The molecule has 1 radical (unpaired) electrons. The van der Waals surface area contributed by atoms with Crippen molar-refractivity contribution in [3.63, 3.8) is 0 Å². The largest absolute Gasteiger partial charge is 0.316 e. The van der Waals surface area contributed by atoms with E-state index in [9.17, 15) is 4.79 Å². The molecule has 0 fully saturated rings. The van der Waals surface area contributed by atoms with Crippen LogP contribution in [0.1, 0.15) is 11.6 Å². The molecule has 1 amide bonds. The maximum Gasteiger partial charge on any atom is 0.259 e. The highest BCUT2D eigenvalue weighted by atomic mass is 79.9. The molecule has 3 nitrogen and oxygen atoms in total. The van der Waals surface area contributed by atoms with Gasteiger partial charge in [0.2, 0.25) is 0 Å². The molecule has 0 aromatic heterocycles. The summed E-state index contributed by atoms with van der Waals surface area (Å²) in [7, 11) is 0. The smallest absolute Gasteiger partial charge is 0.259 e. The third-order valence-electron chi connectivity index (χ3n) is 1.49. The van der Waals surface area contributed by atoms with E-state index in [0.717, 1.165) is 4.47 Å². The fourth-order valence-corrected chi connectivity index (χ4v) is 1.27. The summed E-state index contributed by atoms with van der Waals surface area (Å²) in [5, 5.41) is 0. The number of halogens is 1. The first kappa shape index (κ1) is 9.22. The average molecular weight is 228 g/mol. The highest BCUT2D eigenvalue weighted by Gasteiger charge is 2.12. The molecule has 0 saturated heterocycles. The molecule has 0 bridgehead atoms. The minimum absolute atomic E-state index is 0.657. The summed E-state index contributed by atoms with van der Waals surface area (Å²) in [5.74, 6) is -0.770. The number of rotatable bonds is 2. The van der Waals surface area contributed by atoms with E-state index in [1.54, 1.807) is 18.2 Å². The second kappa shape index (κ2) is 3.69. The van der Waals surface area contributed by atoms with Gasteiger partial charge in [-0.05, 0) is 17.7 Å². The maximum absolute atomic E-state index is 10.6. The van der Waals surface area contributed by atoms with Crippen molar-refractivity contribution in [1.82, 2.24) is 5.73 Å². The van der Waals surface area contributed by atoms with Gasteiger partial charge in [0.05, 0.1) is 0 Å². The summed E-state index contributed by atoms with van der Waals surface area (Å²) in [6.45, 7) is 0. The molecule has 1 rings (SSSR count). The van der Waals surface area contributed by atoms with Crippen LogP contribution >= 0.6 is 15.9 Å². The Balaban J connectivity index is 2.95. The Labute approximate surface area is 78.9 Å². The van der Waals surface area contributed by atoms with Gasteiger partial charge in [-0.25, -0.2) is 0 Å². The van der Waals surface area contributed by atoms with Crippen LogP contribution in [0.5, 0.6) is 0 Å². The average Bonchev–Trinajstić information content (AvgIpc) is 2.03. The van der Waals surface area contributed by atoms with Crippen molar-refractivity contribution in [2.24, 2.45) is 5.73 Å². The molecule has 0 heterocycles. The fourth-order valence-electron chi connectivity index (χ4n) is 0.851. The predicted octanol–water partition coefficient (Wildman–Crippen LogP) is 1.26. The lowest BCUT2D eigenvalue weighted by atomic mass is 10.1. The Morgan fingerprint density at radius 2 is 2.25 bits per heavy atom. The number of amides is 1. The molecule has 12 heavy (non-hydrogen) atoms. The highest BCUT2D eigenvalue weighted by molar-refractivity contribution is 9.10. The van der Waals surface area contributed by atoms with Crippen molar-refractivity contribution in [2.75, 3.05) is 0 Å². The third kappa shape index (κ3) is 2.06. The van der Waals surface area contributed by atoms with Crippen LogP contribution in [0, 0.1) is 0 Å². The van der Waals surface area contributed by atoms with Crippen molar-refractivity contribution in [2.45, 2.75) is 6.04 Å². The van der Waals surface area contributed by atoms with E-state index in [0.29, 0.717) is 5.56 Å². The van der Waals surface area contributed by atoms with Crippen molar-refractivity contribution in [3.05, 3.63) is 34.3 Å². The molecule has 0 spiro atoms. The van der Waals surface area contributed by atoms with Crippen molar-refractivity contribution < 1.29 is 4.79 Å². The topological polar surface area (TPSA) is 66.9 Å². The van der Waals surface area contributed by atoms with Gasteiger partial charge in [-0.2, -0.15) is 0 Å². The van der Waals surface area contributed by atoms with Gasteiger partial charge in [-0.3, -0.25) is 10.5 Å². The summed E-state index contributed by atoms with van der Waals surface area (Å²) in [4.78, 5) is 10.6. The Morgan fingerprint density at radius 3 is 2.75 bits per heavy atom. The van der Waals surface area contributed by atoms with E-state index in [2.05, 4.69) is 15.9 Å². The van der Waals surface area contributed by atoms with Crippen LogP contribution in [-0.2, 0) is 4.79 Å². The standard InChI is InChI=1S/C8H8BrN2O/c9-6-3-1-2-5(4-6)7(10)8(11)12/h1-4,7,11H,10H2. The van der Waals surface area contributed by atoms with Crippen LogP contribution < -0.4 is 11.5 Å². The Kier molecular flexibility index (Phi) is 2.83. The SMILES string of the molecule is [NH]C(=O)C(N)c1cccc(Br)c1. The molecule has 63 valence electrons. The maximum atomic E-state index is 10.6. The van der Waals surface area contributed by atoms with Crippen LogP contribution in [0.15, 0.2) is 28.7 Å². The molecule has 1 aromatic carbocycles. The lowest BCUT2D eigenvalue weighted by Gasteiger charge is -2.06. The van der Waals surface area contributed by atoms with Crippen molar-refractivity contribution >= 4 is 21.8 Å². The van der Waals surface area contributed by atoms with Crippen LogP contribution in [-0.4, -0.2) is 5.91 Å². The van der Waals surface area contributed by atoms with E-state index >= 15 is 0 Å². The summed E-state index contributed by atoms with van der Waals surface area (Å²) in [6, 6.07) is 6.24. The Morgan fingerprint density at radius 1 is 1.58 bits per heavy atom. The second-order valence-electron chi connectivity index (χ2n) is 2.40. The predicted molar refractivity (Wildman–Crippen MR) is 49.2 cm³/mol. The highest BCUT2D eigenvalue weighted by Crippen LogP contribution is 2.16. The molecule has 0 aliphatic carbocycles. The van der Waals surface area contributed by atoms with Crippen molar-refractivity contribution in [1.29, 1.82) is 0 Å². The molecule has 1 aromatic rings. The van der Waals surface area contributed by atoms with E-state index in [-0.39, 0.29) is 0 Å². The molecule has 0 aliphatic rings. The molecular weight excluding hydrogens is 220 g/mol. The summed E-state index contributed by atoms with van der Waals surface area (Å²) < 4.78 is 0.858. The molecule has 4 heteroatoms. The molecule has 1 atom stereocenters. The number of hydrogen-bond donors (Lipinski definition) is 1. The first-order valence-corrected chi connectivity index (χ1v) is 4.17. The molecule has 0 aliphatic heterocycles. The van der Waals surface area contributed by atoms with Crippen LogP contribution in [0.25, 0.3) is 0 Å². The van der Waals surface area contributed by atoms with E-state index in [4.69, 9.17) is 11.5 Å². The molecule has 3 N–H and O–H groups in total. The quantitative estimate of drug-likeness (QED) is 0.827. The lowest BCUT2D eigenvalue weighted by molar-refractivity contribution is -0.120. The van der Waals surface area contributed by atoms with Gasteiger partial charge in [0.15, 0.2) is 0 Å². The van der Waals surface area contributed by atoms with Crippen LogP contribution in [0.2, 0.25) is 0 Å². The normalized spacial score (nSPS) is 12.5. The van der Waals surface area contributed by atoms with Gasteiger partial charge in [0.25, 0.3) is 5.91 Å². The molecule has 1 unspecified atom stereocenters. The van der Waals surface area contributed by atoms with E-state index in [1.807, 2.05) is 6.07 Å². The Bertz CT molecular complexity index is 301. The van der Waals surface area contributed by atoms with Gasteiger partial charge in [-0.1, -0.05) is 28.1 Å². The lowest BCUT2D eigenvalue weighted by Crippen LogP contribution is -2.21. The van der Waals surface area contributed by atoms with Gasteiger partial charge in [-0.15, -0.1) is 0 Å². The zero-order valence-corrected chi connectivity index (χ0v) is 7.84. The van der Waals surface area contributed by atoms with Crippen LogP contribution in [0.3, 0.4) is 0 Å². The molecule has 0 saturated carbocycles. The summed E-state index contributed by atoms with van der Waals surface area (Å²) in [5.41, 5.74) is 12.9. The number of nitrogens with one attached hydrogen (secondary N) is 1. The number of hydrogen-bond acceptors (Lipinski definition) is 2. The molecular formula is C8H8BrN2O. The van der Waals surface area contributed by atoms with Gasteiger partial charge in [0, 0.05) is 4.47 Å². The summed E-state index contributed by atoms with van der Waals surface area (Å²) in [6.07, 6.45) is 0. The first-order chi connectivity index (χ1) is 5.61. The second-order valence-corrected chi connectivity index (χ2v) is 3.31. The number of nitrogens with two attached hydrogens (primary N) is 1. The number of carbonyl (C=O) groups excluding carboxylic acids is 1. The third-order valence-corrected chi connectivity index (χ3v) is 1.98. The number of benzene rings is 1. The van der Waals surface area contributed by atoms with E-state index < -0.39 is 11.9 Å². The van der Waals surface area contributed by atoms with Crippen LogP contribution in [0.4, 0.5) is 0 Å². The van der Waals surface area contributed by atoms with Gasteiger partial charge in [0.1, 0.15) is 6.04 Å². The minimum atomic E-state index is -0.831. The monoisotopic (exact) mass is 227 g/mol. The fraction of sp³-hybridized carbons (Fsp3) is 0.125. The summed E-state index contributed by atoms with van der Waals surface area (Å²) >= 11 is 3.25. The number of carbonyl (C=O) groups is 1. The van der Waals surface area contributed by atoms with Gasteiger partial charge >= 0.3 is 0 Å². The van der Waals surface area contributed by atoms with Crippen molar-refractivity contribution in [3.8, 4) is 0 Å².